The Balaban J connectivity index is 1.92. The van der Waals surface area contributed by atoms with E-state index in [4.69, 9.17) is 0 Å². The number of nitrogens with zero attached hydrogens (tertiary/aromatic N) is 4. The van der Waals surface area contributed by atoms with Gasteiger partial charge in [-0.15, -0.1) is 0 Å². The van der Waals surface area contributed by atoms with Crippen LogP contribution in [0.5, 0.6) is 0 Å². The van der Waals surface area contributed by atoms with Crippen LogP contribution in [0.3, 0.4) is 0 Å². The lowest BCUT2D eigenvalue weighted by Gasteiger charge is -2.35. The number of rotatable bonds is 7. The summed E-state index contributed by atoms with van der Waals surface area (Å²) < 4.78 is 27.5. The zero-order valence-corrected chi connectivity index (χ0v) is 19.7. The number of carbonyl (C=O) groups is 2. The van der Waals surface area contributed by atoms with Gasteiger partial charge in [0.25, 0.3) is 5.91 Å². The summed E-state index contributed by atoms with van der Waals surface area (Å²) in [7, 11) is -3.66. The van der Waals surface area contributed by atoms with E-state index in [0.29, 0.717) is 51.3 Å². The molecular formula is C22H34N4O4S. The molecule has 0 N–H and O–H groups in total. The first kappa shape index (κ1) is 23.5. The largest absolute Gasteiger partial charge is 0.371 e. The highest BCUT2D eigenvalue weighted by molar-refractivity contribution is 7.89. The highest BCUT2D eigenvalue weighted by Gasteiger charge is 2.30. The molecule has 2 aliphatic rings. The van der Waals surface area contributed by atoms with Gasteiger partial charge in [0.2, 0.25) is 15.9 Å². The van der Waals surface area contributed by atoms with Crippen molar-refractivity contribution in [3.8, 4) is 0 Å². The Kier molecular flexibility index (Phi) is 7.59. The van der Waals surface area contributed by atoms with Crippen LogP contribution in [0, 0.1) is 0 Å². The summed E-state index contributed by atoms with van der Waals surface area (Å²) in [6.07, 6.45) is 2.58. The molecule has 0 bridgehead atoms. The first-order chi connectivity index (χ1) is 14.8. The predicted octanol–water partition coefficient (Wildman–Crippen LogP) is 2.01. The topological polar surface area (TPSA) is 81.2 Å². The van der Waals surface area contributed by atoms with Crippen LogP contribution in [-0.2, 0) is 14.8 Å². The Morgan fingerprint density at radius 1 is 0.903 bits per heavy atom. The normalized spacial score (nSPS) is 17.5. The number of amides is 2. The highest BCUT2D eigenvalue weighted by atomic mass is 32.2. The van der Waals surface area contributed by atoms with E-state index in [-0.39, 0.29) is 16.7 Å². The molecule has 1 aromatic carbocycles. The van der Waals surface area contributed by atoms with Crippen molar-refractivity contribution in [3.63, 3.8) is 0 Å². The number of benzene rings is 1. The average molecular weight is 451 g/mol. The number of anilines is 1. The molecule has 2 saturated heterocycles. The first-order valence-electron chi connectivity index (χ1n) is 11.3. The van der Waals surface area contributed by atoms with Crippen molar-refractivity contribution in [2.24, 2.45) is 0 Å². The van der Waals surface area contributed by atoms with Gasteiger partial charge in [0, 0.05) is 64.5 Å². The minimum Gasteiger partial charge on any atom is -0.371 e. The van der Waals surface area contributed by atoms with Crippen molar-refractivity contribution in [2.75, 3.05) is 57.3 Å². The van der Waals surface area contributed by atoms with Crippen LogP contribution in [0.4, 0.5) is 5.69 Å². The molecule has 0 aliphatic carbocycles. The Hall–Kier alpha value is -2.13. The predicted molar refractivity (Wildman–Crippen MR) is 121 cm³/mol. The van der Waals surface area contributed by atoms with Gasteiger partial charge in [-0.2, -0.15) is 4.31 Å². The average Bonchev–Trinajstić information content (AvgIpc) is 3.33. The summed E-state index contributed by atoms with van der Waals surface area (Å²) in [5.41, 5.74) is 1.23. The molecule has 0 radical (unpaired) electrons. The number of piperazine rings is 1. The number of sulfonamides is 1. The lowest BCUT2D eigenvalue weighted by atomic mass is 10.1. The Labute approximate surface area is 185 Å². The van der Waals surface area contributed by atoms with E-state index < -0.39 is 10.0 Å². The molecule has 0 saturated carbocycles. The van der Waals surface area contributed by atoms with E-state index in [2.05, 4.69) is 4.90 Å². The van der Waals surface area contributed by atoms with Gasteiger partial charge in [-0.1, -0.05) is 20.8 Å². The Bertz CT molecular complexity index is 900. The molecule has 9 heteroatoms. The lowest BCUT2D eigenvalue weighted by Crippen LogP contribution is -2.50. The smallest absolute Gasteiger partial charge is 0.256 e. The summed E-state index contributed by atoms with van der Waals surface area (Å²) in [4.78, 5) is 31.3. The molecule has 8 nitrogen and oxygen atoms in total. The van der Waals surface area contributed by atoms with Crippen LogP contribution in [0.25, 0.3) is 0 Å². The maximum Gasteiger partial charge on any atom is 0.256 e. The van der Waals surface area contributed by atoms with E-state index in [9.17, 15) is 18.0 Å². The van der Waals surface area contributed by atoms with Crippen molar-refractivity contribution in [1.29, 1.82) is 0 Å². The summed E-state index contributed by atoms with van der Waals surface area (Å²) in [5.74, 6) is -0.0701. The van der Waals surface area contributed by atoms with Crippen molar-refractivity contribution < 1.29 is 18.0 Å². The highest BCUT2D eigenvalue weighted by Crippen LogP contribution is 2.30. The van der Waals surface area contributed by atoms with Crippen molar-refractivity contribution >= 4 is 27.5 Å². The second kappa shape index (κ2) is 9.99. The fourth-order valence-electron chi connectivity index (χ4n) is 4.35. The van der Waals surface area contributed by atoms with Crippen molar-refractivity contribution in [1.82, 2.24) is 14.1 Å². The number of hydrogen-bond donors (Lipinski definition) is 0. The molecule has 2 fully saturated rings. The van der Waals surface area contributed by atoms with Gasteiger partial charge in [0.05, 0.1) is 10.5 Å². The van der Waals surface area contributed by atoms with Gasteiger partial charge in [-0.3, -0.25) is 9.59 Å². The van der Waals surface area contributed by atoms with Crippen LogP contribution in [0.2, 0.25) is 0 Å². The fourth-order valence-corrected chi connectivity index (χ4v) is 5.83. The second-order valence-electron chi connectivity index (χ2n) is 7.99. The molecule has 172 valence electrons. The molecular weight excluding hydrogens is 416 g/mol. The second-order valence-corrected chi connectivity index (χ2v) is 9.93. The summed E-state index contributed by atoms with van der Waals surface area (Å²) in [6, 6.07) is 4.95. The maximum absolute atomic E-state index is 13.5. The molecule has 0 aromatic heterocycles. The molecule has 3 rings (SSSR count). The zero-order chi connectivity index (χ0) is 22.6. The van der Waals surface area contributed by atoms with Crippen LogP contribution >= 0.6 is 0 Å². The third-order valence-electron chi connectivity index (χ3n) is 6.21. The van der Waals surface area contributed by atoms with Gasteiger partial charge in [-0.25, -0.2) is 8.42 Å². The SMILES string of the molecule is CCC(=O)N1CCN(C(=O)c2cc(S(=O)(=O)N(CC)CC)ccc2N2CCCC2)CC1. The molecule has 0 spiro atoms. The zero-order valence-electron chi connectivity index (χ0n) is 18.8. The van der Waals surface area contributed by atoms with Gasteiger partial charge in [0.1, 0.15) is 0 Å². The van der Waals surface area contributed by atoms with Crippen LogP contribution in [0.15, 0.2) is 23.1 Å². The van der Waals surface area contributed by atoms with E-state index in [0.717, 1.165) is 31.6 Å². The standard InChI is InChI=1S/C22H34N4O4S/c1-4-21(27)24-13-15-25(16-14-24)22(28)19-17-18(31(29,30)26(5-2)6-3)9-10-20(19)23-11-7-8-12-23/h9-10,17H,4-8,11-16H2,1-3H3. The molecule has 0 atom stereocenters. The number of carbonyl (C=O) groups excluding carboxylic acids is 2. The molecule has 31 heavy (non-hydrogen) atoms. The van der Waals surface area contributed by atoms with Gasteiger partial charge in [-0.05, 0) is 31.0 Å². The monoisotopic (exact) mass is 450 g/mol. The molecule has 2 heterocycles. The third-order valence-corrected chi connectivity index (χ3v) is 8.26. The summed E-state index contributed by atoms with van der Waals surface area (Å²) >= 11 is 0. The van der Waals surface area contributed by atoms with Crippen molar-refractivity contribution in [2.45, 2.75) is 44.9 Å². The van der Waals surface area contributed by atoms with E-state index >= 15 is 0 Å². The van der Waals surface area contributed by atoms with Crippen molar-refractivity contribution in [3.05, 3.63) is 23.8 Å². The van der Waals surface area contributed by atoms with E-state index in [1.807, 2.05) is 20.8 Å². The van der Waals surface area contributed by atoms with Gasteiger partial charge < -0.3 is 14.7 Å². The third kappa shape index (κ3) is 4.87. The molecule has 2 amide bonds. The molecule has 1 aromatic rings. The van der Waals surface area contributed by atoms with Gasteiger partial charge >= 0.3 is 0 Å². The van der Waals surface area contributed by atoms with E-state index in [1.165, 1.54) is 4.31 Å². The Morgan fingerprint density at radius 2 is 1.48 bits per heavy atom. The molecule has 2 aliphatic heterocycles. The maximum atomic E-state index is 13.5. The van der Waals surface area contributed by atoms with Gasteiger partial charge in [0.15, 0.2) is 0 Å². The minimum absolute atomic E-state index is 0.0946. The quantitative estimate of drug-likeness (QED) is 0.635. The minimum atomic E-state index is -3.66. The summed E-state index contributed by atoms with van der Waals surface area (Å²) in [5, 5.41) is 0. The van der Waals surface area contributed by atoms with Crippen LogP contribution in [-0.4, -0.2) is 86.7 Å². The molecule has 0 unspecified atom stereocenters. The van der Waals surface area contributed by atoms with E-state index in [1.54, 1.807) is 28.0 Å². The lowest BCUT2D eigenvalue weighted by molar-refractivity contribution is -0.132. The van der Waals surface area contributed by atoms with Crippen LogP contribution < -0.4 is 4.90 Å². The Morgan fingerprint density at radius 3 is 2.03 bits per heavy atom. The summed E-state index contributed by atoms with van der Waals surface area (Å²) in [6.45, 7) is 9.86. The first-order valence-corrected chi connectivity index (χ1v) is 12.7. The number of hydrogen-bond acceptors (Lipinski definition) is 5. The van der Waals surface area contributed by atoms with Crippen LogP contribution in [0.1, 0.15) is 50.4 Å². The fraction of sp³-hybridized carbons (Fsp3) is 0.636.